The lowest BCUT2D eigenvalue weighted by atomic mass is 10.2. The molecule has 0 bridgehead atoms. The van der Waals surface area contributed by atoms with Gasteiger partial charge in [-0.2, -0.15) is 0 Å². The Morgan fingerprint density at radius 2 is 2.29 bits per heavy atom. The zero-order valence-corrected chi connectivity index (χ0v) is 11.0. The number of hydrogen-bond donors (Lipinski definition) is 3. The number of aliphatic hydroxyl groups excluding tert-OH is 1. The Kier molecular flexibility index (Phi) is 5.61. The second-order valence-corrected chi connectivity index (χ2v) is 5.33. The fourth-order valence-electron chi connectivity index (χ4n) is 1.61. The maximum absolute atomic E-state index is 10.8. The molecule has 96 valence electrons. The van der Waals surface area contributed by atoms with Gasteiger partial charge in [0, 0.05) is 18.0 Å². The van der Waals surface area contributed by atoms with Gasteiger partial charge in [0.1, 0.15) is 4.88 Å². The number of rotatable bonds is 7. The number of hydrogen-bond acceptors (Lipinski definition) is 4. The van der Waals surface area contributed by atoms with Crippen LogP contribution < -0.4 is 5.32 Å². The average molecular weight is 257 g/mol. The molecule has 1 rings (SSSR count). The highest BCUT2D eigenvalue weighted by molar-refractivity contribution is 7.14. The molecule has 17 heavy (non-hydrogen) atoms. The Hall–Kier alpha value is -0.910. The van der Waals surface area contributed by atoms with Gasteiger partial charge in [0.2, 0.25) is 0 Å². The summed E-state index contributed by atoms with van der Waals surface area (Å²) in [5, 5.41) is 21.5. The van der Waals surface area contributed by atoms with E-state index in [1.165, 1.54) is 11.3 Å². The molecule has 1 atom stereocenters. The molecule has 1 aromatic heterocycles. The second-order valence-electron chi connectivity index (χ2n) is 4.07. The quantitative estimate of drug-likeness (QED) is 0.699. The van der Waals surface area contributed by atoms with Crippen molar-refractivity contribution in [3.8, 4) is 0 Å². The van der Waals surface area contributed by atoms with Crippen LogP contribution in [0.15, 0.2) is 6.07 Å². The summed E-state index contributed by atoms with van der Waals surface area (Å²) >= 11 is 1.29. The Bertz CT molecular complexity index is 376. The molecule has 0 aliphatic heterocycles. The molecule has 0 amide bonds. The maximum Gasteiger partial charge on any atom is 0.345 e. The van der Waals surface area contributed by atoms with Crippen LogP contribution in [-0.2, 0) is 6.54 Å². The summed E-state index contributed by atoms with van der Waals surface area (Å²) in [6, 6.07) is 1.70. The van der Waals surface area contributed by atoms with Crippen LogP contribution in [0.5, 0.6) is 0 Å². The number of thiophene rings is 1. The molecule has 0 aliphatic rings. The van der Waals surface area contributed by atoms with Gasteiger partial charge in [0.05, 0.1) is 6.10 Å². The summed E-state index contributed by atoms with van der Waals surface area (Å²) in [5.41, 5.74) is 0.996. The molecule has 0 aliphatic carbocycles. The van der Waals surface area contributed by atoms with E-state index in [2.05, 4.69) is 5.32 Å². The first-order chi connectivity index (χ1) is 8.04. The summed E-state index contributed by atoms with van der Waals surface area (Å²) in [6.07, 6.45) is 1.43. The van der Waals surface area contributed by atoms with E-state index in [9.17, 15) is 9.90 Å². The van der Waals surface area contributed by atoms with Gasteiger partial charge in [-0.25, -0.2) is 4.79 Å². The van der Waals surface area contributed by atoms with Gasteiger partial charge >= 0.3 is 5.97 Å². The molecule has 1 aromatic rings. The lowest BCUT2D eigenvalue weighted by molar-refractivity contribution is 0.0702. The first-order valence-electron chi connectivity index (χ1n) is 5.76. The second kappa shape index (κ2) is 6.74. The van der Waals surface area contributed by atoms with E-state index in [0.29, 0.717) is 18.0 Å². The molecule has 3 N–H and O–H groups in total. The molecule has 0 fully saturated rings. The summed E-state index contributed by atoms with van der Waals surface area (Å²) < 4.78 is 0. The molecule has 0 aromatic carbocycles. The molecule has 0 saturated heterocycles. The number of carboxylic acid groups (broad SMARTS) is 1. The highest BCUT2D eigenvalue weighted by Gasteiger charge is 2.11. The standard InChI is InChI=1S/C12H19NO3S/c1-3-4-10(14)7-13-6-9-5-11(12(15)16)17-8(9)2/h5,10,13-14H,3-4,6-7H2,1-2H3,(H,15,16). The number of aliphatic hydroxyl groups is 1. The SMILES string of the molecule is CCCC(O)CNCc1cc(C(=O)O)sc1C. The van der Waals surface area contributed by atoms with Crippen LogP contribution in [0, 0.1) is 6.92 Å². The van der Waals surface area contributed by atoms with Gasteiger partial charge in [-0.3, -0.25) is 0 Å². The molecular weight excluding hydrogens is 238 g/mol. The Labute approximate surface area is 105 Å². The van der Waals surface area contributed by atoms with Crippen LogP contribution >= 0.6 is 11.3 Å². The number of aromatic carboxylic acids is 1. The third kappa shape index (κ3) is 4.46. The van der Waals surface area contributed by atoms with Crippen LogP contribution in [0.3, 0.4) is 0 Å². The van der Waals surface area contributed by atoms with Gasteiger partial charge in [0.25, 0.3) is 0 Å². The lowest BCUT2D eigenvalue weighted by Gasteiger charge is -2.10. The van der Waals surface area contributed by atoms with Crippen molar-refractivity contribution in [2.75, 3.05) is 6.54 Å². The van der Waals surface area contributed by atoms with Gasteiger partial charge in [-0.15, -0.1) is 11.3 Å². The molecule has 1 unspecified atom stereocenters. The first-order valence-corrected chi connectivity index (χ1v) is 6.57. The van der Waals surface area contributed by atoms with Crippen molar-refractivity contribution >= 4 is 17.3 Å². The minimum Gasteiger partial charge on any atom is -0.477 e. The van der Waals surface area contributed by atoms with Crippen molar-refractivity contribution in [2.24, 2.45) is 0 Å². The zero-order valence-electron chi connectivity index (χ0n) is 10.2. The normalized spacial score (nSPS) is 12.6. The van der Waals surface area contributed by atoms with Gasteiger partial charge in [-0.1, -0.05) is 13.3 Å². The summed E-state index contributed by atoms with van der Waals surface area (Å²) in [7, 11) is 0. The predicted molar refractivity (Wildman–Crippen MR) is 68.6 cm³/mol. The van der Waals surface area contributed by atoms with Gasteiger partial charge < -0.3 is 15.5 Å². The minimum absolute atomic E-state index is 0.321. The molecule has 5 heteroatoms. The lowest BCUT2D eigenvalue weighted by Crippen LogP contribution is -2.26. The highest BCUT2D eigenvalue weighted by Crippen LogP contribution is 2.21. The van der Waals surface area contributed by atoms with Crippen LogP contribution in [-0.4, -0.2) is 28.8 Å². The summed E-state index contributed by atoms with van der Waals surface area (Å²) in [4.78, 5) is 12.2. The third-order valence-electron chi connectivity index (χ3n) is 2.55. The number of aryl methyl sites for hydroxylation is 1. The van der Waals surface area contributed by atoms with Crippen molar-refractivity contribution in [1.82, 2.24) is 5.32 Å². The van der Waals surface area contributed by atoms with Crippen LogP contribution in [0.25, 0.3) is 0 Å². The fourth-order valence-corrected chi connectivity index (χ4v) is 2.49. The molecule has 0 saturated carbocycles. The van der Waals surface area contributed by atoms with E-state index in [-0.39, 0.29) is 6.10 Å². The fraction of sp³-hybridized carbons (Fsp3) is 0.583. The van der Waals surface area contributed by atoms with E-state index in [1.54, 1.807) is 6.07 Å². The Balaban J connectivity index is 2.44. The van der Waals surface area contributed by atoms with Crippen molar-refractivity contribution in [1.29, 1.82) is 0 Å². The number of nitrogens with one attached hydrogen (secondary N) is 1. The third-order valence-corrected chi connectivity index (χ3v) is 3.63. The largest absolute Gasteiger partial charge is 0.477 e. The summed E-state index contributed by atoms with van der Waals surface area (Å²) in [5.74, 6) is -0.879. The van der Waals surface area contributed by atoms with Crippen LogP contribution in [0.2, 0.25) is 0 Å². The molecular formula is C12H19NO3S. The predicted octanol–water partition coefficient (Wildman–Crippen LogP) is 2.01. The maximum atomic E-state index is 10.8. The van der Waals surface area contributed by atoms with Crippen molar-refractivity contribution in [3.63, 3.8) is 0 Å². The smallest absolute Gasteiger partial charge is 0.345 e. The Morgan fingerprint density at radius 1 is 1.59 bits per heavy atom. The Morgan fingerprint density at radius 3 is 2.82 bits per heavy atom. The molecule has 1 heterocycles. The number of carbonyl (C=O) groups is 1. The monoisotopic (exact) mass is 257 g/mol. The van der Waals surface area contributed by atoms with E-state index in [0.717, 1.165) is 23.3 Å². The highest BCUT2D eigenvalue weighted by atomic mass is 32.1. The first kappa shape index (κ1) is 14.2. The van der Waals surface area contributed by atoms with Gasteiger partial charge in [-0.05, 0) is 25.0 Å². The van der Waals surface area contributed by atoms with Crippen LogP contribution in [0.1, 0.15) is 39.9 Å². The minimum atomic E-state index is -0.879. The van der Waals surface area contributed by atoms with E-state index >= 15 is 0 Å². The topological polar surface area (TPSA) is 69.6 Å². The van der Waals surface area contributed by atoms with Gasteiger partial charge in [0.15, 0.2) is 0 Å². The molecule has 0 radical (unpaired) electrons. The van der Waals surface area contributed by atoms with Crippen molar-refractivity contribution in [2.45, 2.75) is 39.3 Å². The average Bonchev–Trinajstić information content (AvgIpc) is 2.61. The summed E-state index contributed by atoms with van der Waals surface area (Å²) in [6.45, 7) is 5.10. The molecule has 4 nitrogen and oxygen atoms in total. The van der Waals surface area contributed by atoms with Crippen LogP contribution in [0.4, 0.5) is 0 Å². The van der Waals surface area contributed by atoms with Crippen molar-refractivity contribution in [3.05, 3.63) is 21.4 Å². The van der Waals surface area contributed by atoms with E-state index in [4.69, 9.17) is 5.11 Å². The van der Waals surface area contributed by atoms with Crippen molar-refractivity contribution < 1.29 is 15.0 Å². The zero-order chi connectivity index (χ0) is 12.8. The van der Waals surface area contributed by atoms with E-state index in [1.807, 2.05) is 13.8 Å². The van der Waals surface area contributed by atoms with E-state index < -0.39 is 5.97 Å². The molecule has 0 spiro atoms. The number of carboxylic acids is 1.